The summed E-state index contributed by atoms with van der Waals surface area (Å²) >= 11 is 0. The molecular formula is C10H17N3O2. The molecule has 0 spiro atoms. The van der Waals surface area contributed by atoms with E-state index >= 15 is 0 Å². The van der Waals surface area contributed by atoms with Gasteiger partial charge in [-0.1, -0.05) is 0 Å². The number of imidazole rings is 1. The van der Waals surface area contributed by atoms with Crippen LogP contribution in [-0.4, -0.2) is 48.6 Å². The molecule has 0 radical (unpaired) electrons. The number of nitrogens with one attached hydrogen (secondary N) is 1. The highest BCUT2D eigenvalue weighted by Gasteiger charge is 2.12. The SMILES string of the molecule is c1cn(CCOCC2CNCCO2)cn1. The molecule has 2 rings (SSSR count). The third-order valence-corrected chi connectivity index (χ3v) is 2.36. The molecule has 1 saturated heterocycles. The van der Waals surface area contributed by atoms with Crippen molar-refractivity contribution in [2.75, 3.05) is 32.9 Å². The molecule has 1 aliphatic rings. The van der Waals surface area contributed by atoms with Crippen molar-refractivity contribution in [1.29, 1.82) is 0 Å². The number of morpholine rings is 1. The largest absolute Gasteiger partial charge is 0.377 e. The highest BCUT2D eigenvalue weighted by molar-refractivity contribution is 4.73. The van der Waals surface area contributed by atoms with E-state index in [1.165, 1.54) is 0 Å². The van der Waals surface area contributed by atoms with Crippen molar-refractivity contribution in [3.8, 4) is 0 Å². The van der Waals surface area contributed by atoms with E-state index in [0.717, 1.165) is 26.2 Å². The van der Waals surface area contributed by atoms with Crippen molar-refractivity contribution in [1.82, 2.24) is 14.9 Å². The lowest BCUT2D eigenvalue weighted by molar-refractivity contribution is -0.0326. The Hall–Kier alpha value is -0.910. The quantitative estimate of drug-likeness (QED) is 0.690. The maximum atomic E-state index is 5.53. The Labute approximate surface area is 89.4 Å². The first-order chi connectivity index (χ1) is 7.45. The lowest BCUT2D eigenvalue weighted by Crippen LogP contribution is -2.41. The molecule has 0 bridgehead atoms. The summed E-state index contributed by atoms with van der Waals surface area (Å²) in [5.41, 5.74) is 0. The molecular weight excluding hydrogens is 194 g/mol. The van der Waals surface area contributed by atoms with Crippen molar-refractivity contribution >= 4 is 0 Å². The number of aromatic nitrogens is 2. The molecule has 0 amide bonds. The van der Waals surface area contributed by atoms with Crippen LogP contribution in [0.2, 0.25) is 0 Å². The molecule has 15 heavy (non-hydrogen) atoms. The van der Waals surface area contributed by atoms with Gasteiger partial charge in [-0.3, -0.25) is 0 Å². The first-order valence-electron chi connectivity index (χ1n) is 5.31. The van der Waals surface area contributed by atoms with Crippen LogP contribution in [0.15, 0.2) is 18.7 Å². The maximum Gasteiger partial charge on any atom is 0.0946 e. The van der Waals surface area contributed by atoms with Crippen molar-refractivity contribution in [2.24, 2.45) is 0 Å². The predicted octanol–water partition coefficient (Wildman–Crippen LogP) is -0.112. The first kappa shape index (κ1) is 10.6. The topological polar surface area (TPSA) is 48.3 Å². The standard InChI is InChI=1S/C10H17N3O2/c1-3-13(9-12-1)4-6-14-8-10-7-11-2-5-15-10/h1,3,9-11H,2,4-8H2. The highest BCUT2D eigenvalue weighted by atomic mass is 16.5. The van der Waals surface area contributed by atoms with E-state index in [4.69, 9.17) is 9.47 Å². The van der Waals surface area contributed by atoms with Crippen molar-refractivity contribution in [2.45, 2.75) is 12.6 Å². The van der Waals surface area contributed by atoms with Crippen molar-refractivity contribution in [3.63, 3.8) is 0 Å². The van der Waals surface area contributed by atoms with Crippen LogP contribution < -0.4 is 5.32 Å². The Kier molecular flexibility index (Phi) is 4.13. The average Bonchev–Trinajstić information content (AvgIpc) is 2.79. The molecule has 2 heterocycles. The summed E-state index contributed by atoms with van der Waals surface area (Å²) in [6.45, 7) is 4.85. The van der Waals surface area contributed by atoms with E-state index in [1.807, 2.05) is 10.8 Å². The average molecular weight is 211 g/mol. The number of hydrogen-bond donors (Lipinski definition) is 1. The van der Waals surface area contributed by atoms with Crippen LogP contribution in [0.25, 0.3) is 0 Å². The van der Waals surface area contributed by atoms with Crippen molar-refractivity contribution in [3.05, 3.63) is 18.7 Å². The second-order valence-electron chi connectivity index (χ2n) is 3.57. The third kappa shape index (κ3) is 3.62. The van der Waals surface area contributed by atoms with Gasteiger partial charge in [0.15, 0.2) is 0 Å². The van der Waals surface area contributed by atoms with E-state index in [1.54, 1.807) is 12.5 Å². The fourth-order valence-electron chi connectivity index (χ4n) is 1.53. The zero-order valence-corrected chi connectivity index (χ0v) is 8.76. The van der Waals surface area contributed by atoms with Gasteiger partial charge >= 0.3 is 0 Å². The molecule has 0 saturated carbocycles. The lowest BCUT2D eigenvalue weighted by atomic mass is 10.3. The summed E-state index contributed by atoms with van der Waals surface area (Å²) in [7, 11) is 0. The molecule has 1 N–H and O–H groups in total. The monoisotopic (exact) mass is 211 g/mol. The van der Waals surface area contributed by atoms with Crippen LogP contribution in [-0.2, 0) is 16.0 Å². The minimum Gasteiger partial charge on any atom is -0.377 e. The van der Waals surface area contributed by atoms with E-state index in [-0.39, 0.29) is 6.10 Å². The Balaban J connectivity index is 1.54. The van der Waals surface area contributed by atoms with Gasteiger partial charge in [0, 0.05) is 32.0 Å². The molecule has 84 valence electrons. The van der Waals surface area contributed by atoms with Gasteiger partial charge in [0.25, 0.3) is 0 Å². The molecule has 0 aromatic carbocycles. The van der Waals surface area contributed by atoms with E-state index in [9.17, 15) is 0 Å². The summed E-state index contributed by atoms with van der Waals surface area (Å²) < 4.78 is 13.0. The molecule has 5 nitrogen and oxygen atoms in total. The molecule has 1 atom stereocenters. The number of ether oxygens (including phenoxy) is 2. The fraction of sp³-hybridized carbons (Fsp3) is 0.700. The number of hydrogen-bond acceptors (Lipinski definition) is 4. The Bertz CT molecular complexity index is 258. The van der Waals surface area contributed by atoms with Gasteiger partial charge in [0.05, 0.1) is 32.3 Å². The van der Waals surface area contributed by atoms with Gasteiger partial charge in [-0.2, -0.15) is 0 Å². The molecule has 1 fully saturated rings. The number of rotatable bonds is 5. The van der Waals surface area contributed by atoms with Crippen LogP contribution in [0.1, 0.15) is 0 Å². The summed E-state index contributed by atoms with van der Waals surface area (Å²) in [6, 6.07) is 0. The zero-order valence-electron chi connectivity index (χ0n) is 8.76. The highest BCUT2D eigenvalue weighted by Crippen LogP contribution is 1.97. The molecule has 5 heteroatoms. The van der Waals surface area contributed by atoms with Crippen LogP contribution in [0, 0.1) is 0 Å². The van der Waals surface area contributed by atoms with Crippen LogP contribution in [0.4, 0.5) is 0 Å². The molecule has 1 aromatic heterocycles. The summed E-state index contributed by atoms with van der Waals surface area (Å²) in [5, 5.41) is 3.27. The Morgan fingerprint density at radius 1 is 1.60 bits per heavy atom. The van der Waals surface area contributed by atoms with Gasteiger partial charge in [-0.05, 0) is 0 Å². The number of nitrogens with zero attached hydrogens (tertiary/aromatic N) is 2. The van der Waals surface area contributed by atoms with Gasteiger partial charge in [0.1, 0.15) is 0 Å². The lowest BCUT2D eigenvalue weighted by Gasteiger charge is -2.23. The normalized spacial score (nSPS) is 21.7. The third-order valence-electron chi connectivity index (χ3n) is 2.36. The van der Waals surface area contributed by atoms with Crippen LogP contribution >= 0.6 is 0 Å². The smallest absolute Gasteiger partial charge is 0.0946 e. The van der Waals surface area contributed by atoms with Crippen LogP contribution in [0.5, 0.6) is 0 Å². The van der Waals surface area contributed by atoms with E-state index in [2.05, 4.69) is 10.3 Å². The van der Waals surface area contributed by atoms with Gasteiger partial charge < -0.3 is 19.4 Å². The summed E-state index contributed by atoms with van der Waals surface area (Å²) in [5.74, 6) is 0. The van der Waals surface area contributed by atoms with Gasteiger partial charge in [-0.15, -0.1) is 0 Å². The van der Waals surface area contributed by atoms with Gasteiger partial charge in [-0.25, -0.2) is 4.98 Å². The minimum atomic E-state index is 0.210. The minimum absolute atomic E-state index is 0.210. The second kappa shape index (κ2) is 5.85. The maximum absolute atomic E-state index is 5.53. The van der Waals surface area contributed by atoms with Gasteiger partial charge in [0.2, 0.25) is 0 Å². The Morgan fingerprint density at radius 3 is 3.33 bits per heavy atom. The van der Waals surface area contributed by atoms with E-state index < -0.39 is 0 Å². The second-order valence-corrected chi connectivity index (χ2v) is 3.57. The van der Waals surface area contributed by atoms with Crippen LogP contribution in [0.3, 0.4) is 0 Å². The predicted molar refractivity (Wildman–Crippen MR) is 55.7 cm³/mol. The first-order valence-corrected chi connectivity index (χ1v) is 5.31. The fourth-order valence-corrected chi connectivity index (χ4v) is 1.53. The molecule has 0 aliphatic carbocycles. The summed E-state index contributed by atoms with van der Waals surface area (Å²) in [6.07, 6.45) is 5.71. The molecule has 1 unspecified atom stereocenters. The summed E-state index contributed by atoms with van der Waals surface area (Å²) in [4.78, 5) is 3.96. The van der Waals surface area contributed by atoms with E-state index in [0.29, 0.717) is 13.2 Å². The Morgan fingerprint density at radius 2 is 2.60 bits per heavy atom. The zero-order chi connectivity index (χ0) is 10.3. The van der Waals surface area contributed by atoms with Crippen molar-refractivity contribution < 1.29 is 9.47 Å². The molecule has 1 aliphatic heterocycles. The molecule has 1 aromatic rings.